The number of rotatable bonds is 9. The number of nitrogens with one attached hydrogen (secondary N) is 1. The zero-order valence-corrected chi connectivity index (χ0v) is 11.6. The molecule has 0 radical (unpaired) electrons. The van der Waals surface area contributed by atoms with Gasteiger partial charge in [0.2, 0.25) is 23.7 Å². The monoisotopic (exact) mass is 298 g/mol. The van der Waals surface area contributed by atoms with Gasteiger partial charge in [-0.25, -0.2) is 5.84 Å². The van der Waals surface area contributed by atoms with Crippen molar-refractivity contribution in [2.75, 3.05) is 30.0 Å². The number of hydrogen-bond donors (Lipinski definition) is 4. The van der Waals surface area contributed by atoms with E-state index in [2.05, 4.69) is 20.4 Å². The molecule has 0 aliphatic carbocycles. The van der Waals surface area contributed by atoms with Crippen LogP contribution in [0.1, 0.15) is 13.3 Å². The summed E-state index contributed by atoms with van der Waals surface area (Å²) in [4.78, 5) is 35.1. The van der Waals surface area contributed by atoms with Crippen LogP contribution in [-0.2, 0) is 9.59 Å². The van der Waals surface area contributed by atoms with Gasteiger partial charge >= 0.3 is 6.01 Å². The quantitative estimate of drug-likeness (QED) is 0.289. The summed E-state index contributed by atoms with van der Waals surface area (Å²) in [5.74, 6) is 3.94. The fraction of sp³-hybridized carbons (Fsp3) is 0.500. The first-order valence-corrected chi connectivity index (χ1v) is 6.13. The molecule has 0 atom stereocenters. The topological polar surface area (TPSA) is 175 Å². The number of nitrogen functional groups attached to an aromatic ring is 1. The Morgan fingerprint density at radius 1 is 1.19 bits per heavy atom. The Balaban J connectivity index is 3.08. The van der Waals surface area contributed by atoms with E-state index in [-0.39, 0.29) is 31.0 Å². The number of amides is 2. The van der Waals surface area contributed by atoms with Crippen LogP contribution in [0.5, 0.6) is 6.01 Å². The minimum atomic E-state index is -0.671. The lowest BCUT2D eigenvalue weighted by molar-refractivity contribution is -0.117. The van der Waals surface area contributed by atoms with Gasteiger partial charge < -0.3 is 21.1 Å². The van der Waals surface area contributed by atoms with Gasteiger partial charge in [0.05, 0.1) is 6.61 Å². The van der Waals surface area contributed by atoms with E-state index in [4.69, 9.17) is 22.0 Å². The fourth-order valence-electron chi connectivity index (χ4n) is 1.38. The number of hydrogen-bond acceptors (Lipinski definition) is 9. The third-order valence-corrected chi connectivity index (χ3v) is 2.14. The maximum Gasteiger partial charge on any atom is 0.323 e. The molecule has 0 aromatic carbocycles. The summed E-state index contributed by atoms with van der Waals surface area (Å²) < 4.78 is 5.28. The summed E-state index contributed by atoms with van der Waals surface area (Å²) in [6.07, 6.45) is 0.749. The molecule has 0 aliphatic rings. The smallest absolute Gasteiger partial charge is 0.323 e. The Hall–Kier alpha value is -2.69. The second-order valence-electron chi connectivity index (χ2n) is 4.02. The van der Waals surface area contributed by atoms with Crippen LogP contribution in [0.3, 0.4) is 0 Å². The molecule has 21 heavy (non-hydrogen) atoms. The largest absolute Gasteiger partial charge is 0.463 e. The number of ether oxygens (including phenoxy) is 1. The van der Waals surface area contributed by atoms with E-state index >= 15 is 0 Å². The van der Waals surface area contributed by atoms with Gasteiger partial charge in [-0.2, -0.15) is 15.0 Å². The standard InChI is InChI=1S/C10H18N8O3/c1-2-3-21-10-15-8(17-13)14-9(16-10)18(4-6(11)19)5-7(12)20/h2-5,13H2,1H3,(H2,11,19)(H2,12,20)(H,14,15,16,17). The Morgan fingerprint density at radius 2 is 1.81 bits per heavy atom. The highest BCUT2D eigenvalue weighted by atomic mass is 16.5. The Kier molecular flexibility index (Phi) is 6.07. The van der Waals surface area contributed by atoms with Crippen molar-refractivity contribution in [3.05, 3.63) is 0 Å². The highest BCUT2D eigenvalue weighted by molar-refractivity contribution is 5.84. The second kappa shape index (κ2) is 7.79. The highest BCUT2D eigenvalue weighted by Gasteiger charge is 2.18. The summed E-state index contributed by atoms with van der Waals surface area (Å²) in [6.45, 7) is 1.73. The van der Waals surface area contributed by atoms with Crippen LogP contribution in [0.15, 0.2) is 0 Å². The normalized spacial score (nSPS) is 10.0. The third-order valence-electron chi connectivity index (χ3n) is 2.14. The Morgan fingerprint density at radius 3 is 2.29 bits per heavy atom. The number of nitrogens with two attached hydrogens (primary N) is 3. The van der Waals surface area contributed by atoms with Crippen molar-refractivity contribution in [2.45, 2.75) is 13.3 Å². The molecule has 116 valence electrons. The van der Waals surface area contributed by atoms with Crippen molar-refractivity contribution >= 4 is 23.7 Å². The van der Waals surface area contributed by atoms with Crippen molar-refractivity contribution in [2.24, 2.45) is 17.3 Å². The van der Waals surface area contributed by atoms with Crippen LogP contribution in [0.4, 0.5) is 11.9 Å². The first-order valence-electron chi connectivity index (χ1n) is 6.13. The van der Waals surface area contributed by atoms with Crippen LogP contribution in [0.25, 0.3) is 0 Å². The van der Waals surface area contributed by atoms with Crippen LogP contribution in [-0.4, -0.2) is 46.5 Å². The maximum absolute atomic E-state index is 11.1. The molecule has 1 aromatic heterocycles. The van der Waals surface area contributed by atoms with Crippen molar-refractivity contribution in [3.63, 3.8) is 0 Å². The first-order chi connectivity index (χ1) is 9.96. The van der Waals surface area contributed by atoms with E-state index in [0.717, 1.165) is 6.42 Å². The van der Waals surface area contributed by atoms with E-state index in [1.165, 1.54) is 4.90 Å². The SMILES string of the molecule is CCCOc1nc(NN)nc(N(CC(N)=O)CC(N)=O)n1. The Labute approximate surface area is 120 Å². The van der Waals surface area contributed by atoms with Gasteiger partial charge in [-0.1, -0.05) is 6.92 Å². The number of carbonyl (C=O) groups is 2. The van der Waals surface area contributed by atoms with Gasteiger partial charge in [0, 0.05) is 0 Å². The van der Waals surface area contributed by atoms with Gasteiger partial charge in [-0.15, -0.1) is 0 Å². The number of carbonyl (C=O) groups excluding carboxylic acids is 2. The summed E-state index contributed by atoms with van der Waals surface area (Å²) in [7, 11) is 0. The summed E-state index contributed by atoms with van der Waals surface area (Å²) in [5.41, 5.74) is 12.5. The summed E-state index contributed by atoms with van der Waals surface area (Å²) in [5, 5.41) is 0. The zero-order valence-electron chi connectivity index (χ0n) is 11.6. The van der Waals surface area contributed by atoms with E-state index in [1.54, 1.807) is 0 Å². The third kappa shape index (κ3) is 5.44. The zero-order chi connectivity index (χ0) is 15.8. The molecule has 1 rings (SSSR count). The van der Waals surface area contributed by atoms with E-state index in [9.17, 15) is 9.59 Å². The average molecular weight is 298 g/mol. The summed E-state index contributed by atoms with van der Waals surface area (Å²) in [6, 6.07) is 0.00809. The second-order valence-corrected chi connectivity index (χ2v) is 4.02. The number of anilines is 2. The lowest BCUT2D eigenvalue weighted by Crippen LogP contribution is -2.40. The molecule has 0 bridgehead atoms. The van der Waals surface area contributed by atoms with Crippen LogP contribution in [0.2, 0.25) is 0 Å². The van der Waals surface area contributed by atoms with Crippen molar-refractivity contribution < 1.29 is 14.3 Å². The maximum atomic E-state index is 11.1. The molecule has 11 nitrogen and oxygen atoms in total. The molecular weight excluding hydrogens is 280 g/mol. The van der Waals surface area contributed by atoms with Crippen molar-refractivity contribution in [1.29, 1.82) is 0 Å². The van der Waals surface area contributed by atoms with Gasteiger partial charge in [0.25, 0.3) is 0 Å². The first kappa shape index (κ1) is 16.4. The average Bonchev–Trinajstić information content (AvgIpc) is 2.43. The molecule has 7 N–H and O–H groups in total. The van der Waals surface area contributed by atoms with Crippen LogP contribution in [0, 0.1) is 0 Å². The molecule has 0 saturated carbocycles. The number of primary amides is 2. The van der Waals surface area contributed by atoms with E-state index in [0.29, 0.717) is 6.61 Å². The molecule has 0 fully saturated rings. The van der Waals surface area contributed by atoms with Crippen LogP contribution >= 0.6 is 0 Å². The molecule has 0 unspecified atom stereocenters. The number of nitrogens with zero attached hydrogens (tertiary/aromatic N) is 4. The molecule has 11 heteroatoms. The molecule has 0 aliphatic heterocycles. The van der Waals surface area contributed by atoms with Crippen molar-refractivity contribution in [1.82, 2.24) is 15.0 Å². The van der Waals surface area contributed by atoms with Gasteiger partial charge in [0.15, 0.2) is 0 Å². The number of hydrazine groups is 1. The van der Waals surface area contributed by atoms with Crippen LogP contribution < -0.4 is 32.4 Å². The Bertz CT molecular complexity index is 493. The molecule has 2 amide bonds. The molecule has 1 aromatic rings. The predicted octanol–water partition coefficient (Wildman–Crippen LogP) is -2.28. The fourth-order valence-corrected chi connectivity index (χ4v) is 1.38. The summed E-state index contributed by atoms with van der Waals surface area (Å²) >= 11 is 0. The minimum Gasteiger partial charge on any atom is -0.463 e. The molecule has 0 spiro atoms. The van der Waals surface area contributed by atoms with Gasteiger partial charge in [-0.05, 0) is 6.42 Å². The minimum absolute atomic E-state index is 0.00153. The van der Waals surface area contributed by atoms with E-state index < -0.39 is 11.8 Å². The van der Waals surface area contributed by atoms with E-state index in [1.807, 2.05) is 6.92 Å². The lowest BCUT2D eigenvalue weighted by Gasteiger charge is -2.19. The highest BCUT2D eigenvalue weighted by Crippen LogP contribution is 2.14. The van der Waals surface area contributed by atoms with Gasteiger partial charge in [-0.3, -0.25) is 15.0 Å². The predicted molar refractivity (Wildman–Crippen MR) is 74.0 cm³/mol. The molecular formula is C10H18N8O3. The molecule has 1 heterocycles. The lowest BCUT2D eigenvalue weighted by atomic mass is 10.4. The number of aromatic nitrogens is 3. The van der Waals surface area contributed by atoms with Gasteiger partial charge in [0.1, 0.15) is 13.1 Å². The molecule has 0 saturated heterocycles. The van der Waals surface area contributed by atoms with Crippen molar-refractivity contribution in [3.8, 4) is 6.01 Å².